The first-order chi connectivity index (χ1) is 10.4. The van der Waals surface area contributed by atoms with Gasteiger partial charge in [-0.05, 0) is 73.5 Å². The van der Waals surface area contributed by atoms with E-state index in [9.17, 15) is 15.3 Å². The van der Waals surface area contributed by atoms with Crippen molar-refractivity contribution in [2.45, 2.75) is 77.1 Å². The van der Waals surface area contributed by atoms with Crippen LogP contribution < -0.4 is 0 Å². The number of fused-ring (bicyclic) bond motifs is 5. The minimum Gasteiger partial charge on any atom is -0.390 e. The summed E-state index contributed by atoms with van der Waals surface area (Å²) in [6.45, 7) is 4.61. The maximum Gasteiger partial charge on any atom is 0.0855 e. The summed E-state index contributed by atoms with van der Waals surface area (Å²) in [5.74, 6) is 1.75. The van der Waals surface area contributed by atoms with Gasteiger partial charge in [0.1, 0.15) is 0 Å². The Balaban J connectivity index is 1.68. The van der Waals surface area contributed by atoms with Gasteiger partial charge < -0.3 is 15.3 Å². The fourth-order valence-corrected chi connectivity index (χ4v) is 6.70. The SMILES string of the molecule is C[C@]12CC[C@H]3[C@@H](CCC4=C[C@@H](O)CC[C@@]43C)[C@@H]1C[C@@H](O)[C@@H]2O. The van der Waals surface area contributed by atoms with Crippen molar-refractivity contribution in [2.24, 2.45) is 28.6 Å². The largest absolute Gasteiger partial charge is 0.390 e. The maximum absolute atomic E-state index is 10.5. The van der Waals surface area contributed by atoms with Gasteiger partial charge in [0.15, 0.2) is 0 Å². The van der Waals surface area contributed by atoms with E-state index in [4.69, 9.17) is 0 Å². The summed E-state index contributed by atoms with van der Waals surface area (Å²) >= 11 is 0. The van der Waals surface area contributed by atoms with Crippen LogP contribution in [-0.2, 0) is 0 Å². The lowest BCUT2D eigenvalue weighted by Crippen LogP contribution is -2.51. The summed E-state index contributed by atoms with van der Waals surface area (Å²) in [5.41, 5.74) is 1.63. The molecule has 3 saturated carbocycles. The van der Waals surface area contributed by atoms with E-state index in [1.165, 1.54) is 12.0 Å². The van der Waals surface area contributed by atoms with E-state index in [-0.39, 0.29) is 16.9 Å². The smallest absolute Gasteiger partial charge is 0.0855 e. The maximum atomic E-state index is 10.5. The summed E-state index contributed by atoms with van der Waals surface area (Å²) in [4.78, 5) is 0. The third-order valence-electron chi connectivity index (χ3n) is 8.06. The predicted octanol–water partition coefficient (Wildman–Crippen LogP) is 2.64. The fraction of sp³-hybridized carbons (Fsp3) is 0.895. The first-order valence-corrected chi connectivity index (χ1v) is 9.11. The van der Waals surface area contributed by atoms with E-state index in [1.54, 1.807) is 0 Å². The van der Waals surface area contributed by atoms with Crippen LogP contribution in [0, 0.1) is 28.6 Å². The second-order valence-corrected chi connectivity index (χ2v) is 8.92. The summed E-state index contributed by atoms with van der Waals surface area (Å²) in [6.07, 6.45) is 8.00. The molecule has 0 radical (unpaired) electrons. The van der Waals surface area contributed by atoms with Gasteiger partial charge in [-0.1, -0.05) is 25.5 Å². The zero-order chi connectivity index (χ0) is 15.7. The van der Waals surface area contributed by atoms with Gasteiger partial charge >= 0.3 is 0 Å². The molecule has 3 fully saturated rings. The molecule has 4 rings (SSSR count). The van der Waals surface area contributed by atoms with E-state index >= 15 is 0 Å². The molecule has 8 atom stereocenters. The molecule has 0 heterocycles. The minimum atomic E-state index is -0.545. The molecule has 3 N–H and O–H groups in total. The average molecular weight is 306 g/mol. The van der Waals surface area contributed by atoms with E-state index < -0.39 is 12.2 Å². The molecule has 4 aliphatic carbocycles. The molecule has 0 unspecified atom stereocenters. The highest BCUT2D eigenvalue weighted by molar-refractivity contribution is 5.25. The van der Waals surface area contributed by atoms with Crippen molar-refractivity contribution in [3.8, 4) is 0 Å². The first-order valence-electron chi connectivity index (χ1n) is 9.11. The van der Waals surface area contributed by atoms with Crippen LogP contribution in [0.25, 0.3) is 0 Å². The molecule has 0 aromatic heterocycles. The molecule has 0 spiro atoms. The first kappa shape index (κ1) is 15.2. The Labute approximate surface area is 133 Å². The Morgan fingerprint density at radius 2 is 1.77 bits per heavy atom. The second-order valence-electron chi connectivity index (χ2n) is 8.92. The number of rotatable bonds is 0. The molecular formula is C19H30O3. The zero-order valence-corrected chi connectivity index (χ0v) is 13.8. The Kier molecular flexibility index (Phi) is 3.32. The molecule has 4 aliphatic rings. The van der Waals surface area contributed by atoms with Crippen molar-refractivity contribution in [2.75, 3.05) is 0 Å². The highest BCUT2D eigenvalue weighted by Gasteiger charge is 2.60. The monoisotopic (exact) mass is 306 g/mol. The van der Waals surface area contributed by atoms with Crippen molar-refractivity contribution in [1.29, 1.82) is 0 Å². The second kappa shape index (κ2) is 4.81. The van der Waals surface area contributed by atoms with Gasteiger partial charge in [0.25, 0.3) is 0 Å². The average Bonchev–Trinajstić information content (AvgIpc) is 2.72. The number of hydrogen-bond donors (Lipinski definition) is 3. The summed E-state index contributed by atoms with van der Waals surface area (Å²) < 4.78 is 0. The molecule has 0 bridgehead atoms. The Bertz CT molecular complexity index is 501. The summed E-state index contributed by atoms with van der Waals surface area (Å²) in [7, 11) is 0. The van der Waals surface area contributed by atoms with Crippen LogP contribution in [0.15, 0.2) is 11.6 Å². The van der Waals surface area contributed by atoms with Gasteiger partial charge in [0.05, 0.1) is 18.3 Å². The Hall–Kier alpha value is -0.380. The van der Waals surface area contributed by atoms with Crippen LogP contribution in [0.5, 0.6) is 0 Å². The summed E-state index contributed by atoms with van der Waals surface area (Å²) in [5, 5.41) is 30.7. The van der Waals surface area contributed by atoms with Crippen LogP contribution in [0.3, 0.4) is 0 Å². The molecule has 3 heteroatoms. The molecule has 0 aromatic rings. The number of hydrogen-bond acceptors (Lipinski definition) is 3. The van der Waals surface area contributed by atoms with Gasteiger partial charge in [0, 0.05) is 0 Å². The third kappa shape index (κ3) is 1.85. The molecule has 0 saturated heterocycles. The van der Waals surface area contributed by atoms with Gasteiger partial charge in [-0.25, -0.2) is 0 Å². The standard InChI is InChI=1S/C19H30O3/c1-18-7-5-12(20)9-11(18)3-4-13-14(18)6-8-19(2)15(13)10-16(21)17(19)22/h9,12-17,20-22H,3-8,10H2,1-2H3/t12-,13+,14-,15-,16+,17-,18-,19-/m0/s1. The Morgan fingerprint density at radius 1 is 1.00 bits per heavy atom. The van der Waals surface area contributed by atoms with E-state index in [0.717, 1.165) is 38.5 Å². The van der Waals surface area contributed by atoms with Crippen LogP contribution in [0.1, 0.15) is 58.8 Å². The van der Waals surface area contributed by atoms with Crippen molar-refractivity contribution < 1.29 is 15.3 Å². The lowest BCUT2D eigenvalue weighted by molar-refractivity contribution is -0.0856. The van der Waals surface area contributed by atoms with Crippen LogP contribution in [0.2, 0.25) is 0 Å². The molecule has 3 nitrogen and oxygen atoms in total. The van der Waals surface area contributed by atoms with Crippen LogP contribution in [-0.4, -0.2) is 33.6 Å². The van der Waals surface area contributed by atoms with Crippen molar-refractivity contribution in [3.05, 3.63) is 11.6 Å². The lowest BCUT2D eigenvalue weighted by Gasteiger charge is -2.58. The molecule has 22 heavy (non-hydrogen) atoms. The van der Waals surface area contributed by atoms with Crippen molar-refractivity contribution >= 4 is 0 Å². The normalized spacial score (nSPS) is 57.6. The van der Waals surface area contributed by atoms with Crippen molar-refractivity contribution in [1.82, 2.24) is 0 Å². The molecule has 0 aliphatic heterocycles. The van der Waals surface area contributed by atoms with Crippen LogP contribution >= 0.6 is 0 Å². The van der Waals surface area contributed by atoms with E-state index in [0.29, 0.717) is 17.8 Å². The van der Waals surface area contributed by atoms with E-state index in [2.05, 4.69) is 19.9 Å². The predicted molar refractivity (Wildman–Crippen MR) is 85.1 cm³/mol. The van der Waals surface area contributed by atoms with Gasteiger partial charge in [-0.3, -0.25) is 0 Å². The molecule has 124 valence electrons. The minimum absolute atomic E-state index is 0.0909. The third-order valence-corrected chi connectivity index (χ3v) is 8.06. The fourth-order valence-electron chi connectivity index (χ4n) is 6.70. The molecular weight excluding hydrogens is 276 g/mol. The lowest BCUT2D eigenvalue weighted by atomic mass is 9.47. The Morgan fingerprint density at radius 3 is 2.55 bits per heavy atom. The molecule has 0 amide bonds. The molecule has 0 aromatic carbocycles. The van der Waals surface area contributed by atoms with Crippen molar-refractivity contribution in [3.63, 3.8) is 0 Å². The zero-order valence-electron chi connectivity index (χ0n) is 13.8. The highest BCUT2D eigenvalue weighted by atomic mass is 16.3. The van der Waals surface area contributed by atoms with E-state index in [1.807, 2.05) is 0 Å². The number of allylic oxidation sites excluding steroid dienone is 1. The van der Waals surface area contributed by atoms with Gasteiger partial charge in [-0.2, -0.15) is 0 Å². The van der Waals surface area contributed by atoms with Gasteiger partial charge in [0.2, 0.25) is 0 Å². The van der Waals surface area contributed by atoms with Crippen LogP contribution in [0.4, 0.5) is 0 Å². The highest BCUT2D eigenvalue weighted by Crippen LogP contribution is 2.65. The topological polar surface area (TPSA) is 60.7 Å². The van der Waals surface area contributed by atoms with Gasteiger partial charge in [-0.15, -0.1) is 0 Å². The number of aliphatic hydroxyl groups is 3. The number of aliphatic hydroxyl groups excluding tert-OH is 3. The summed E-state index contributed by atoms with van der Waals surface area (Å²) in [6, 6.07) is 0. The quantitative estimate of drug-likeness (QED) is 0.603.